The Kier molecular flexibility index (Phi) is 4.38. The highest BCUT2D eigenvalue weighted by Gasteiger charge is 2.35. The molecule has 0 saturated carbocycles. The van der Waals surface area contributed by atoms with E-state index in [1.165, 1.54) is 4.90 Å². The van der Waals surface area contributed by atoms with Gasteiger partial charge in [0.2, 0.25) is 0 Å². The van der Waals surface area contributed by atoms with Gasteiger partial charge in [0.05, 0.1) is 5.69 Å². The second kappa shape index (κ2) is 6.33. The molecule has 24 heavy (non-hydrogen) atoms. The number of halogens is 1. The Balaban J connectivity index is 2.04. The van der Waals surface area contributed by atoms with E-state index in [4.69, 9.17) is 12.2 Å². The van der Waals surface area contributed by atoms with Crippen LogP contribution in [0, 0.1) is 6.92 Å². The molecule has 2 amide bonds. The van der Waals surface area contributed by atoms with Crippen molar-refractivity contribution in [3.8, 4) is 0 Å². The lowest BCUT2D eigenvalue weighted by Crippen LogP contribution is -2.54. The molecule has 3 rings (SSSR count). The summed E-state index contributed by atoms with van der Waals surface area (Å²) in [6, 6.07) is 7.34. The second-order valence-electron chi connectivity index (χ2n) is 5.50. The fraction of sp³-hybridized carbons (Fsp3) is 0.118. The summed E-state index contributed by atoms with van der Waals surface area (Å²) < 4.78 is 2.75. The number of rotatable bonds is 2. The molecule has 122 valence electrons. The maximum absolute atomic E-state index is 12.9. The molecule has 5 nitrogen and oxygen atoms in total. The number of aromatic nitrogens is 1. The van der Waals surface area contributed by atoms with Gasteiger partial charge in [-0.15, -0.1) is 0 Å². The highest BCUT2D eigenvalue weighted by atomic mass is 79.9. The summed E-state index contributed by atoms with van der Waals surface area (Å²) in [5.41, 5.74) is 2.34. The van der Waals surface area contributed by atoms with Crippen LogP contribution in [0.2, 0.25) is 0 Å². The van der Waals surface area contributed by atoms with E-state index in [2.05, 4.69) is 21.2 Å². The van der Waals surface area contributed by atoms with Crippen molar-refractivity contribution in [3.05, 3.63) is 57.8 Å². The average Bonchev–Trinajstić information content (AvgIpc) is 2.91. The number of nitrogens with one attached hydrogen (secondary N) is 1. The molecule has 0 unspecified atom stereocenters. The monoisotopic (exact) mass is 403 g/mol. The molecule has 1 aliphatic heterocycles. The predicted octanol–water partition coefficient (Wildman–Crippen LogP) is 2.93. The molecule has 1 aromatic carbocycles. The molecule has 7 heteroatoms. The van der Waals surface area contributed by atoms with Gasteiger partial charge in [0.25, 0.3) is 11.8 Å². The summed E-state index contributed by atoms with van der Waals surface area (Å²) in [4.78, 5) is 26.5. The minimum Gasteiger partial charge on any atom is -0.357 e. The maximum Gasteiger partial charge on any atom is 0.270 e. The van der Waals surface area contributed by atoms with Gasteiger partial charge in [-0.25, -0.2) is 0 Å². The molecule has 1 saturated heterocycles. The summed E-state index contributed by atoms with van der Waals surface area (Å²) in [5, 5.41) is 2.67. The summed E-state index contributed by atoms with van der Waals surface area (Å²) >= 11 is 8.61. The summed E-state index contributed by atoms with van der Waals surface area (Å²) in [6.45, 7) is 1.88. The van der Waals surface area contributed by atoms with E-state index in [9.17, 15) is 9.59 Å². The molecule has 0 bridgehead atoms. The van der Waals surface area contributed by atoms with E-state index in [0.717, 1.165) is 15.6 Å². The van der Waals surface area contributed by atoms with Crippen LogP contribution in [0.15, 0.2) is 46.7 Å². The minimum atomic E-state index is -0.486. The third kappa shape index (κ3) is 3.05. The van der Waals surface area contributed by atoms with Gasteiger partial charge in [-0.2, -0.15) is 0 Å². The van der Waals surface area contributed by atoms with E-state index < -0.39 is 11.8 Å². The molecule has 0 radical (unpaired) electrons. The lowest BCUT2D eigenvalue weighted by molar-refractivity contribution is -0.122. The summed E-state index contributed by atoms with van der Waals surface area (Å²) in [6.07, 6.45) is 5.25. The van der Waals surface area contributed by atoms with Crippen LogP contribution in [0.5, 0.6) is 0 Å². The number of anilines is 1. The second-order valence-corrected chi connectivity index (χ2v) is 6.80. The fourth-order valence-corrected chi connectivity index (χ4v) is 3.27. The Labute approximate surface area is 153 Å². The number of carbonyl (C=O) groups excluding carboxylic acids is 2. The fourth-order valence-electron chi connectivity index (χ4n) is 2.52. The van der Waals surface area contributed by atoms with E-state index >= 15 is 0 Å². The molecule has 1 N–H and O–H groups in total. The topological polar surface area (TPSA) is 54.3 Å². The maximum atomic E-state index is 12.9. The highest BCUT2D eigenvalue weighted by Crippen LogP contribution is 2.27. The highest BCUT2D eigenvalue weighted by molar-refractivity contribution is 9.10. The smallest absolute Gasteiger partial charge is 0.270 e. The van der Waals surface area contributed by atoms with Crippen LogP contribution in [0.1, 0.15) is 11.1 Å². The molecular formula is C17H14BrN3O2S. The largest absolute Gasteiger partial charge is 0.357 e. The van der Waals surface area contributed by atoms with Gasteiger partial charge in [0.1, 0.15) is 5.57 Å². The minimum absolute atomic E-state index is 0.0529. The van der Waals surface area contributed by atoms with Crippen molar-refractivity contribution in [3.63, 3.8) is 0 Å². The Hall–Kier alpha value is -2.25. The standard InChI is InChI=1S/C17H14BrN3O2S/c1-10-7-12(18)3-4-14(10)21-16(23)13(15(22)19-17(21)24)8-11-5-6-20(2)9-11/h3-9H,1-2H3,(H,19,22,24)/b13-8-. The zero-order chi connectivity index (χ0) is 17.4. The third-order valence-electron chi connectivity index (χ3n) is 3.67. The van der Waals surface area contributed by atoms with Crippen molar-refractivity contribution in [2.75, 3.05) is 4.90 Å². The van der Waals surface area contributed by atoms with Gasteiger partial charge in [-0.05, 0) is 60.6 Å². The number of aryl methyl sites for hydroxylation is 2. The third-order valence-corrected chi connectivity index (χ3v) is 4.45. The summed E-state index contributed by atoms with van der Waals surface area (Å²) in [5.74, 6) is -0.919. The van der Waals surface area contributed by atoms with Crippen molar-refractivity contribution >= 4 is 56.8 Å². The molecule has 0 atom stereocenters. The Bertz CT molecular complexity index is 901. The first-order valence-corrected chi connectivity index (χ1v) is 8.36. The van der Waals surface area contributed by atoms with Crippen LogP contribution in [-0.2, 0) is 16.6 Å². The molecule has 1 aliphatic rings. The van der Waals surface area contributed by atoms with Crippen LogP contribution >= 0.6 is 28.1 Å². The van der Waals surface area contributed by atoms with Crippen LogP contribution in [0.4, 0.5) is 5.69 Å². The lowest BCUT2D eigenvalue weighted by atomic mass is 10.1. The zero-order valence-electron chi connectivity index (χ0n) is 13.0. The van der Waals surface area contributed by atoms with Gasteiger partial charge >= 0.3 is 0 Å². The van der Waals surface area contributed by atoms with Crippen LogP contribution in [0.3, 0.4) is 0 Å². The molecule has 0 spiro atoms. The Morgan fingerprint density at radius 1 is 1.25 bits per heavy atom. The van der Waals surface area contributed by atoms with Crippen LogP contribution < -0.4 is 10.2 Å². The number of amides is 2. The quantitative estimate of drug-likeness (QED) is 0.476. The predicted molar refractivity (Wildman–Crippen MR) is 100 cm³/mol. The number of hydrogen-bond donors (Lipinski definition) is 1. The molecule has 1 aromatic heterocycles. The van der Waals surface area contributed by atoms with E-state index in [1.54, 1.807) is 12.1 Å². The number of hydrogen-bond acceptors (Lipinski definition) is 3. The molecular weight excluding hydrogens is 390 g/mol. The van der Waals surface area contributed by atoms with Crippen molar-refractivity contribution < 1.29 is 9.59 Å². The molecule has 2 heterocycles. The Morgan fingerprint density at radius 3 is 2.62 bits per heavy atom. The van der Waals surface area contributed by atoms with Gasteiger partial charge in [0.15, 0.2) is 5.11 Å². The van der Waals surface area contributed by atoms with Gasteiger partial charge in [-0.3, -0.25) is 19.8 Å². The molecule has 2 aromatic rings. The number of carbonyl (C=O) groups is 2. The first-order chi connectivity index (χ1) is 11.4. The van der Waals surface area contributed by atoms with Crippen molar-refractivity contribution in [1.82, 2.24) is 9.88 Å². The molecule has 1 fully saturated rings. The SMILES string of the molecule is Cc1cc(Br)ccc1N1C(=O)/C(=C\c2ccn(C)c2)C(=O)NC1=S. The summed E-state index contributed by atoms with van der Waals surface area (Å²) in [7, 11) is 1.87. The van der Waals surface area contributed by atoms with Crippen LogP contribution in [-0.4, -0.2) is 21.5 Å². The van der Waals surface area contributed by atoms with E-state index in [-0.39, 0.29) is 10.7 Å². The van der Waals surface area contributed by atoms with Gasteiger partial charge < -0.3 is 4.57 Å². The first-order valence-electron chi connectivity index (χ1n) is 7.16. The van der Waals surface area contributed by atoms with E-state index in [0.29, 0.717) is 5.69 Å². The Morgan fingerprint density at radius 2 is 2.00 bits per heavy atom. The van der Waals surface area contributed by atoms with Crippen LogP contribution in [0.25, 0.3) is 6.08 Å². The zero-order valence-corrected chi connectivity index (χ0v) is 15.4. The number of thiocarbonyl (C=S) groups is 1. The van der Waals surface area contributed by atoms with Crippen molar-refractivity contribution in [1.29, 1.82) is 0 Å². The number of benzene rings is 1. The normalized spacial score (nSPS) is 16.7. The number of nitrogens with zero attached hydrogens (tertiary/aromatic N) is 2. The van der Waals surface area contributed by atoms with Gasteiger partial charge in [-0.1, -0.05) is 15.9 Å². The average molecular weight is 404 g/mol. The lowest BCUT2D eigenvalue weighted by Gasteiger charge is -2.30. The van der Waals surface area contributed by atoms with Crippen molar-refractivity contribution in [2.24, 2.45) is 7.05 Å². The van der Waals surface area contributed by atoms with Gasteiger partial charge in [0, 0.05) is 23.9 Å². The van der Waals surface area contributed by atoms with Crippen molar-refractivity contribution in [2.45, 2.75) is 6.92 Å². The first kappa shape index (κ1) is 16.6. The molecule has 0 aliphatic carbocycles. The van der Waals surface area contributed by atoms with E-state index in [1.807, 2.05) is 49.1 Å².